The molecule has 146 valence electrons. The van der Waals surface area contributed by atoms with Gasteiger partial charge >= 0.3 is 5.97 Å². The van der Waals surface area contributed by atoms with Gasteiger partial charge in [-0.1, -0.05) is 0 Å². The minimum absolute atomic E-state index is 0. The molecule has 0 saturated carbocycles. The van der Waals surface area contributed by atoms with E-state index in [1.807, 2.05) is 36.9 Å². The zero-order valence-corrected chi connectivity index (χ0v) is 16.6. The van der Waals surface area contributed by atoms with Gasteiger partial charge in [0.1, 0.15) is 11.8 Å². The second kappa shape index (κ2) is 9.27. The number of aromatic nitrogens is 1. The Labute approximate surface area is 170 Å². The number of carbonyl (C=O) groups is 1. The maximum Gasteiger partial charge on any atom is 0.335 e. The van der Waals surface area contributed by atoms with Crippen molar-refractivity contribution in [2.45, 2.75) is 6.42 Å². The zero-order chi connectivity index (χ0) is 19.4. The average molecular weight is 400 g/mol. The van der Waals surface area contributed by atoms with E-state index >= 15 is 0 Å². The molecule has 0 saturated heterocycles. The number of benzene rings is 2. The van der Waals surface area contributed by atoms with Crippen LogP contribution in [0.4, 0.5) is 0 Å². The Hall–Kier alpha value is -3.01. The van der Waals surface area contributed by atoms with Crippen molar-refractivity contribution < 1.29 is 14.6 Å². The molecule has 1 N–H and O–H groups in total. The lowest BCUT2D eigenvalue weighted by Gasteiger charge is -2.11. The molecule has 0 aliphatic rings. The molecule has 0 bridgehead atoms. The molecule has 0 radical (unpaired) electrons. The standard InChI is InChI=1S/C21H21N3O3.ClH/c1-23(2)10-3-11-27-18-8-9-20-19(12-18)16(13-22)14-24(20)17-6-4-15(5-7-17)21(25)26;/h4-9,12,14H,3,10-11H2,1-2H3,(H,25,26);1H. The largest absolute Gasteiger partial charge is 0.494 e. The van der Waals surface area contributed by atoms with E-state index in [2.05, 4.69) is 11.0 Å². The summed E-state index contributed by atoms with van der Waals surface area (Å²) in [5, 5.41) is 19.3. The molecule has 7 heteroatoms. The third-order valence-corrected chi connectivity index (χ3v) is 4.31. The fourth-order valence-electron chi connectivity index (χ4n) is 2.94. The maximum atomic E-state index is 11.0. The van der Waals surface area contributed by atoms with Crippen molar-refractivity contribution in [1.29, 1.82) is 5.26 Å². The van der Waals surface area contributed by atoms with Gasteiger partial charge in [0.15, 0.2) is 0 Å². The van der Waals surface area contributed by atoms with Crippen LogP contribution >= 0.6 is 12.4 Å². The van der Waals surface area contributed by atoms with Crippen LogP contribution in [0.3, 0.4) is 0 Å². The number of halogens is 1. The normalized spacial score (nSPS) is 10.5. The maximum absolute atomic E-state index is 11.0. The predicted octanol–water partition coefficient (Wildman–Crippen LogP) is 3.95. The van der Waals surface area contributed by atoms with Gasteiger partial charge < -0.3 is 19.3 Å². The summed E-state index contributed by atoms with van der Waals surface area (Å²) in [4.78, 5) is 13.1. The van der Waals surface area contributed by atoms with Crippen molar-refractivity contribution in [3.05, 3.63) is 59.8 Å². The molecule has 0 unspecified atom stereocenters. The second-order valence-corrected chi connectivity index (χ2v) is 6.56. The smallest absolute Gasteiger partial charge is 0.335 e. The van der Waals surface area contributed by atoms with Crippen LogP contribution in [0.25, 0.3) is 16.6 Å². The van der Waals surface area contributed by atoms with Crippen LogP contribution in [0.5, 0.6) is 5.75 Å². The summed E-state index contributed by atoms with van der Waals surface area (Å²) in [7, 11) is 4.05. The van der Waals surface area contributed by atoms with Gasteiger partial charge in [-0.3, -0.25) is 0 Å². The number of carboxylic acids is 1. The number of hydrogen-bond donors (Lipinski definition) is 1. The molecule has 0 fully saturated rings. The summed E-state index contributed by atoms with van der Waals surface area (Å²) >= 11 is 0. The van der Waals surface area contributed by atoms with Gasteiger partial charge in [0.25, 0.3) is 0 Å². The Bertz CT molecular complexity index is 1000. The first-order chi connectivity index (χ1) is 13.0. The Morgan fingerprint density at radius 1 is 1.21 bits per heavy atom. The highest BCUT2D eigenvalue weighted by Gasteiger charge is 2.12. The second-order valence-electron chi connectivity index (χ2n) is 6.56. The molecular formula is C21H22ClN3O3. The monoisotopic (exact) mass is 399 g/mol. The van der Waals surface area contributed by atoms with E-state index in [-0.39, 0.29) is 18.0 Å². The Morgan fingerprint density at radius 2 is 1.93 bits per heavy atom. The molecule has 0 spiro atoms. The summed E-state index contributed by atoms with van der Waals surface area (Å²) in [6, 6.07) is 14.5. The van der Waals surface area contributed by atoms with Gasteiger partial charge in [-0.2, -0.15) is 5.26 Å². The fourth-order valence-corrected chi connectivity index (χ4v) is 2.94. The molecular weight excluding hydrogens is 378 g/mol. The molecule has 3 aromatic rings. The molecule has 2 aromatic carbocycles. The molecule has 3 rings (SSSR count). The topological polar surface area (TPSA) is 78.5 Å². The number of ether oxygens (including phenoxy) is 1. The van der Waals surface area contributed by atoms with Crippen molar-refractivity contribution in [3.8, 4) is 17.5 Å². The molecule has 1 aromatic heterocycles. The zero-order valence-electron chi connectivity index (χ0n) is 15.8. The van der Waals surface area contributed by atoms with Gasteiger partial charge in [0.2, 0.25) is 0 Å². The number of aromatic carboxylic acids is 1. The lowest BCUT2D eigenvalue weighted by atomic mass is 10.2. The molecule has 1 heterocycles. The number of fused-ring (bicyclic) bond motifs is 1. The highest BCUT2D eigenvalue weighted by Crippen LogP contribution is 2.28. The summed E-state index contributed by atoms with van der Waals surface area (Å²) < 4.78 is 7.69. The van der Waals surface area contributed by atoms with Crippen molar-refractivity contribution in [1.82, 2.24) is 9.47 Å². The number of carboxylic acid groups (broad SMARTS) is 1. The van der Waals surface area contributed by atoms with Crippen LogP contribution in [0, 0.1) is 11.3 Å². The van der Waals surface area contributed by atoms with Crippen LogP contribution in [0.2, 0.25) is 0 Å². The highest BCUT2D eigenvalue weighted by atomic mass is 35.5. The first-order valence-electron chi connectivity index (χ1n) is 8.66. The summed E-state index contributed by atoms with van der Waals surface area (Å²) in [5.41, 5.74) is 2.44. The average Bonchev–Trinajstić information content (AvgIpc) is 3.03. The fraction of sp³-hybridized carbons (Fsp3) is 0.238. The van der Waals surface area contributed by atoms with E-state index in [9.17, 15) is 10.1 Å². The van der Waals surface area contributed by atoms with Gasteiger partial charge in [-0.05, 0) is 63.0 Å². The van der Waals surface area contributed by atoms with Crippen LogP contribution in [0.1, 0.15) is 22.3 Å². The lowest BCUT2D eigenvalue weighted by Crippen LogP contribution is -2.15. The molecule has 0 aliphatic heterocycles. The number of nitriles is 1. The van der Waals surface area contributed by atoms with E-state index in [4.69, 9.17) is 9.84 Å². The Balaban J connectivity index is 0.00000280. The van der Waals surface area contributed by atoms with E-state index in [0.29, 0.717) is 12.2 Å². The van der Waals surface area contributed by atoms with E-state index < -0.39 is 5.97 Å². The lowest BCUT2D eigenvalue weighted by molar-refractivity contribution is 0.0697. The van der Waals surface area contributed by atoms with Crippen molar-refractivity contribution in [2.24, 2.45) is 0 Å². The summed E-state index contributed by atoms with van der Waals surface area (Å²) in [5.74, 6) is -0.232. The summed E-state index contributed by atoms with van der Waals surface area (Å²) in [6.07, 6.45) is 2.68. The van der Waals surface area contributed by atoms with Crippen LogP contribution < -0.4 is 4.74 Å². The quantitative estimate of drug-likeness (QED) is 0.608. The first kappa shape index (κ1) is 21.3. The third-order valence-electron chi connectivity index (χ3n) is 4.31. The minimum atomic E-state index is -0.965. The van der Waals surface area contributed by atoms with E-state index in [1.165, 1.54) is 0 Å². The Kier molecular flexibility index (Phi) is 7.05. The van der Waals surface area contributed by atoms with Crippen molar-refractivity contribution >= 4 is 29.3 Å². The molecule has 28 heavy (non-hydrogen) atoms. The number of rotatable bonds is 7. The van der Waals surface area contributed by atoms with Gasteiger partial charge in [0.05, 0.1) is 23.3 Å². The predicted molar refractivity (Wildman–Crippen MR) is 111 cm³/mol. The van der Waals surface area contributed by atoms with Crippen LogP contribution in [-0.2, 0) is 0 Å². The van der Waals surface area contributed by atoms with Gasteiger partial charge in [-0.25, -0.2) is 4.79 Å². The van der Waals surface area contributed by atoms with Crippen LogP contribution in [0.15, 0.2) is 48.7 Å². The Morgan fingerprint density at radius 3 is 2.54 bits per heavy atom. The van der Waals surface area contributed by atoms with E-state index in [0.717, 1.165) is 35.3 Å². The van der Waals surface area contributed by atoms with Crippen molar-refractivity contribution in [2.75, 3.05) is 27.2 Å². The molecule has 0 aliphatic carbocycles. The first-order valence-corrected chi connectivity index (χ1v) is 8.66. The summed E-state index contributed by atoms with van der Waals surface area (Å²) in [6.45, 7) is 1.57. The molecule has 6 nitrogen and oxygen atoms in total. The SMILES string of the molecule is CN(C)CCCOc1ccc2c(c1)c(C#N)cn2-c1ccc(C(=O)O)cc1.Cl. The molecule has 0 amide bonds. The third kappa shape index (κ3) is 4.63. The van der Waals surface area contributed by atoms with E-state index in [1.54, 1.807) is 30.5 Å². The van der Waals surface area contributed by atoms with Crippen LogP contribution in [-0.4, -0.2) is 47.8 Å². The van der Waals surface area contributed by atoms with Gasteiger partial charge in [-0.15, -0.1) is 12.4 Å². The number of hydrogen-bond acceptors (Lipinski definition) is 4. The van der Waals surface area contributed by atoms with Gasteiger partial charge in [0, 0.05) is 23.8 Å². The minimum Gasteiger partial charge on any atom is -0.494 e. The highest BCUT2D eigenvalue weighted by molar-refractivity contribution is 5.90. The molecule has 0 atom stereocenters. The number of nitrogens with zero attached hydrogens (tertiary/aromatic N) is 3. The van der Waals surface area contributed by atoms with Crippen molar-refractivity contribution in [3.63, 3.8) is 0 Å².